The maximum absolute atomic E-state index is 13.4. The molecule has 0 aliphatic heterocycles. The topological polar surface area (TPSA) is 72.6 Å². The summed E-state index contributed by atoms with van der Waals surface area (Å²) in [5.74, 6) is -0.225. The van der Waals surface area contributed by atoms with Gasteiger partial charge in [0.2, 0.25) is 11.8 Å². The van der Waals surface area contributed by atoms with Crippen LogP contribution in [0.3, 0.4) is 0 Å². The normalized spacial score (nSPS) is 11.2. The highest BCUT2D eigenvalue weighted by Gasteiger charge is 2.36. The number of benzene rings is 2. The van der Waals surface area contributed by atoms with Gasteiger partial charge in [-0.3, -0.25) is 4.79 Å². The Morgan fingerprint density at radius 1 is 0.906 bits per heavy atom. The number of ether oxygens (including phenoxy) is 1. The number of aromatic nitrogens is 1. The molecule has 0 saturated carbocycles. The fourth-order valence-electron chi connectivity index (χ4n) is 3.03. The summed E-state index contributed by atoms with van der Waals surface area (Å²) in [7, 11) is 0. The van der Waals surface area contributed by atoms with Gasteiger partial charge in [0.15, 0.2) is 0 Å². The fourth-order valence-corrected chi connectivity index (χ4v) is 3.68. The van der Waals surface area contributed by atoms with Crippen LogP contribution in [-0.2, 0) is 4.74 Å². The molecule has 7 heteroatoms. The number of carbonyl (C=O) groups is 2. The van der Waals surface area contributed by atoms with Gasteiger partial charge in [-0.15, -0.1) is 11.3 Å². The number of rotatable bonds is 4. The summed E-state index contributed by atoms with van der Waals surface area (Å²) < 4.78 is 11.6. The molecule has 0 unspecified atom stereocenters. The standard InChI is InChI=1S/C25H22N2O4S/c1-25(2,3)31-24(29)27(22(28)19-15-10-16-32-19)23-20(17-11-6-4-7-12-17)26-21(30-23)18-13-8-5-9-14-18/h4-16H,1-3H3. The lowest BCUT2D eigenvalue weighted by Gasteiger charge is -2.24. The van der Waals surface area contributed by atoms with Crippen molar-refractivity contribution in [3.05, 3.63) is 83.1 Å². The van der Waals surface area contributed by atoms with Gasteiger partial charge in [-0.1, -0.05) is 54.6 Å². The third-order valence-electron chi connectivity index (χ3n) is 4.39. The van der Waals surface area contributed by atoms with Gasteiger partial charge in [0.25, 0.3) is 5.91 Å². The Morgan fingerprint density at radius 2 is 1.53 bits per heavy atom. The molecule has 6 nitrogen and oxygen atoms in total. The second kappa shape index (κ2) is 8.80. The van der Waals surface area contributed by atoms with E-state index in [1.807, 2.05) is 60.7 Å². The van der Waals surface area contributed by atoms with E-state index in [1.165, 1.54) is 11.3 Å². The number of oxazole rings is 1. The van der Waals surface area contributed by atoms with E-state index in [2.05, 4.69) is 4.98 Å². The molecule has 2 aromatic carbocycles. The molecule has 2 heterocycles. The van der Waals surface area contributed by atoms with Crippen LogP contribution in [0.5, 0.6) is 0 Å². The minimum atomic E-state index is -0.830. The van der Waals surface area contributed by atoms with Crippen molar-refractivity contribution in [3.8, 4) is 22.7 Å². The van der Waals surface area contributed by atoms with Gasteiger partial charge in [-0.05, 0) is 44.4 Å². The Bertz CT molecular complexity index is 1210. The molecule has 0 aliphatic carbocycles. The lowest BCUT2D eigenvalue weighted by atomic mass is 10.1. The van der Waals surface area contributed by atoms with E-state index in [9.17, 15) is 9.59 Å². The highest BCUT2D eigenvalue weighted by molar-refractivity contribution is 7.12. The molecule has 0 N–H and O–H groups in total. The van der Waals surface area contributed by atoms with Crippen molar-refractivity contribution in [2.75, 3.05) is 4.90 Å². The van der Waals surface area contributed by atoms with E-state index in [0.717, 1.165) is 10.5 Å². The number of nitrogens with zero attached hydrogens (tertiary/aromatic N) is 2. The van der Waals surface area contributed by atoms with E-state index < -0.39 is 17.6 Å². The molecule has 0 aliphatic rings. The molecule has 162 valence electrons. The van der Waals surface area contributed by atoms with Gasteiger partial charge in [0.05, 0.1) is 4.88 Å². The maximum atomic E-state index is 13.4. The van der Waals surface area contributed by atoms with Crippen molar-refractivity contribution in [2.45, 2.75) is 26.4 Å². The van der Waals surface area contributed by atoms with Crippen molar-refractivity contribution in [1.29, 1.82) is 0 Å². The molecule has 0 fully saturated rings. The zero-order chi connectivity index (χ0) is 22.7. The third kappa shape index (κ3) is 4.63. The third-order valence-corrected chi connectivity index (χ3v) is 5.25. The monoisotopic (exact) mass is 446 g/mol. The zero-order valence-electron chi connectivity index (χ0n) is 17.9. The van der Waals surface area contributed by atoms with Crippen LogP contribution in [0.25, 0.3) is 22.7 Å². The van der Waals surface area contributed by atoms with E-state index in [0.29, 0.717) is 22.0 Å². The summed E-state index contributed by atoms with van der Waals surface area (Å²) in [6, 6.07) is 22.0. The Balaban J connectivity index is 1.90. The SMILES string of the molecule is CC(C)(C)OC(=O)N(C(=O)c1cccs1)c1oc(-c2ccccc2)nc1-c1ccccc1. The summed E-state index contributed by atoms with van der Waals surface area (Å²) in [5.41, 5.74) is 1.00. The summed E-state index contributed by atoms with van der Waals surface area (Å²) >= 11 is 1.23. The number of thiophene rings is 1. The number of amides is 2. The van der Waals surface area contributed by atoms with Gasteiger partial charge in [0, 0.05) is 11.1 Å². The van der Waals surface area contributed by atoms with Crippen molar-refractivity contribution >= 4 is 29.2 Å². The first kappa shape index (κ1) is 21.5. The minimum absolute atomic E-state index is 0.0164. The summed E-state index contributed by atoms with van der Waals surface area (Å²) in [4.78, 5) is 32.6. The second-order valence-corrected chi connectivity index (χ2v) is 8.95. The first-order valence-electron chi connectivity index (χ1n) is 10.1. The van der Waals surface area contributed by atoms with Crippen molar-refractivity contribution in [3.63, 3.8) is 0 Å². The highest BCUT2D eigenvalue weighted by Crippen LogP contribution is 2.37. The minimum Gasteiger partial charge on any atom is -0.443 e. The van der Waals surface area contributed by atoms with Crippen LogP contribution in [-0.4, -0.2) is 22.6 Å². The van der Waals surface area contributed by atoms with Crippen LogP contribution in [0.4, 0.5) is 10.7 Å². The smallest absolute Gasteiger partial charge is 0.424 e. The Hall–Kier alpha value is -3.71. The van der Waals surface area contributed by atoms with Crippen LogP contribution in [0.15, 0.2) is 82.6 Å². The van der Waals surface area contributed by atoms with Crippen LogP contribution in [0.2, 0.25) is 0 Å². The molecule has 0 spiro atoms. The predicted octanol–water partition coefficient (Wildman–Crippen LogP) is 6.65. The second-order valence-electron chi connectivity index (χ2n) is 8.00. The van der Waals surface area contributed by atoms with Crippen LogP contribution in [0.1, 0.15) is 30.4 Å². The summed E-state index contributed by atoms with van der Waals surface area (Å²) in [6.07, 6.45) is -0.830. The molecular weight excluding hydrogens is 424 g/mol. The van der Waals surface area contributed by atoms with Crippen molar-refractivity contribution in [1.82, 2.24) is 4.98 Å². The molecule has 4 rings (SSSR count). The van der Waals surface area contributed by atoms with Gasteiger partial charge >= 0.3 is 6.09 Å². The molecule has 32 heavy (non-hydrogen) atoms. The molecular formula is C25H22N2O4S. The van der Waals surface area contributed by atoms with Gasteiger partial charge in [0.1, 0.15) is 11.3 Å². The van der Waals surface area contributed by atoms with E-state index in [-0.39, 0.29) is 5.88 Å². The van der Waals surface area contributed by atoms with Crippen molar-refractivity contribution < 1.29 is 18.7 Å². The van der Waals surface area contributed by atoms with E-state index in [4.69, 9.17) is 9.15 Å². The molecule has 2 aromatic heterocycles. The maximum Gasteiger partial charge on any atom is 0.424 e. The Kier molecular flexibility index (Phi) is 5.92. The van der Waals surface area contributed by atoms with E-state index >= 15 is 0 Å². The number of anilines is 1. The zero-order valence-corrected chi connectivity index (χ0v) is 18.8. The molecule has 0 atom stereocenters. The van der Waals surface area contributed by atoms with Crippen molar-refractivity contribution in [2.24, 2.45) is 0 Å². The van der Waals surface area contributed by atoms with Gasteiger partial charge in [-0.2, -0.15) is 4.90 Å². The largest absolute Gasteiger partial charge is 0.443 e. The molecule has 2 amide bonds. The first-order valence-corrected chi connectivity index (χ1v) is 10.9. The fraction of sp³-hybridized carbons (Fsp3) is 0.160. The number of hydrogen-bond donors (Lipinski definition) is 0. The summed E-state index contributed by atoms with van der Waals surface area (Å²) in [5, 5.41) is 1.77. The van der Waals surface area contributed by atoms with Crippen LogP contribution >= 0.6 is 11.3 Å². The first-order chi connectivity index (χ1) is 15.3. The number of imide groups is 1. The van der Waals surface area contributed by atoms with Crippen LogP contribution in [0, 0.1) is 0 Å². The van der Waals surface area contributed by atoms with Gasteiger partial charge < -0.3 is 9.15 Å². The Labute approximate surface area is 190 Å². The molecule has 0 saturated heterocycles. The lowest BCUT2D eigenvalue weighted by molar-refractivity contribution is 0.0559. The van der Waals surface area contributed by atoms with E-state index in [1.54, 1.807) is 38.3 Å². The predicted molar refractivity (Wildman–Crippen MR) is 125 cm³/mol. The van der Waals surface area contributed by atoms with Crippen LogP contribution < -0.4 is 4.90 Å². The molecule has 0 radical (unpaired) electrons. The average Bonchev–Trinajstić information content (AvgIpc) is 3.45. The lowest BCUT2D eigenvalue weighted by Crippen LogP contribution is -2.41. The van der Waals surface area contributed by atoms with Gasteiger partial charge in [-0.25, -0.2) is 9.78 Å². The molecule has 4 aromatic rings. The summed E-state index contributed by atoms with van der Waals surface area (Å²) in [6.45, 7) is 5.23. The quantitative estimate of drug-likeness (QED) is 0.351. The molecule has 0 bridgehead atoms. The Morgan fingerprint density at radius 3 is 2.09 bits per heavy atom. The highest BCUT2D eigenvalue weighted by atomic mass is 32.1. The number of carbonyl (C=O) groups excluding carboxylic acids is 2. The number of hydrogen-bond acceptors (Lipinski definition) is 6. The average molecular weight is 447 g/mol.